The maximum Gasteiger partial charge on any atom is 0.261 e. The minimum Gasteiger partial charge on any atom is -0.491 e. The van der Waals surface area contributed by atoms with E-state index in [1.807, 2.05) is 12.1 Å². The van der Waals surface area contributed by atoms with Crippen LogP contribution in [-0.2, 0) is 11.8 Å². The third-order valence-corrected chi connectivity index (χ3v) is 6.54. The number of nitrogens with zero attached hydrogens (tertiary/aromatic N) is 2. The summed E-state index contributed by atoms with van der Waals surface area (Å²) in [6.45, 7) is 1.06. The lowest BCUT2D eigenvalue weighted by molar-refractivity contribution is 0.102. The Morgan fingerprint density at radius 3 is 2.65 bits per heavy atom. The molecule has 2 atom stereocenters. The zero-order chi connectivity index (χ0) is 24.2. The minimum atomic E-state index is -0.548. The van der Waals surface area contributed by atoms with Crippen LogP contribution in [0.5, 0.6) is 5.75 Å². The molecule has 1 heterocycles. The monoisotopic (exact) mass is 486 g/mol. The SMILES string of the molecule is COCCOc1ccc(C2CCC(c3nn(C)c(N)c3C(=O)Nc3ccc(F)c(Cl)c3)C2)cc1. The van der Waals surface area contributed by atoms with Gasteiger partial charge in [-0.05, 0) is 61.1 Å². The van der Waals surface area contributed by atoms with Gasteiger partial charge in [0.05, 0.1) is 17.3 Å². The van der Waals surface area contributed by atoms with Gasteiger partial charge in [0.25, 0.3) is 5.91 Å². The largest absolute Gasteiger partial charge is 0.491 e. The fourth-order valence-corrected chi connectivity index (χ4v) is 4.64. The van der Waals surface area contributed by atoms with Gasteiger partial charge < -0.3 is 20.5 Å². The van der Waals surface area contributed by atoms with E-state index < -0.39 is 5.82 Å². The number of carbonyl (C=O) groups excluding carboxylic acids is 1. The highest BCUT2D eigenvalue weighted by atomic mass is 35.5. The Hall–Kier alpha value is -3.10. The molecule has 1 aliphatic carbocycles. The van der Waals surface area contributed by atoms with Crippen molar-refractivity contribution in [2.45, 2.75) is 31.1 Å². The minimum absolute atomic E-state index is 0.0640. The van der Waals surface area contributed by atoms with Crippen LogP contribution < -0.4 is 15.8 Å². The first-order valence-corrected chi connectivity index (χ1v) is 11.6. The Morgan fingerprint density at radius 1 is 1.21 bits per heavy atom. The number of nitrogens with one attached hydrogen (secondary N) is 1. The number of hydrogen-bond acceptors (Lipinski definition) is 5. The summed E-state index contributed by atoms with van der Waals surface area (Å²) in [6, 6.07) is 12.2. The number of rotatable bonds is 8. The lowest BCUT2D eigenvalue weighted by Gasteiger charge is -2.13. The summed E-state index contributed by atoms with van der Waals surface area (Å²) in [5.41, 5.74) is 8.89. The quantitative estimate of drug-likeness (QED) is 0.431. The van der Waals surface area contributed by atoms with Crippen molar-refractivity contribution >= 4 is 29.0 Å². The van der Waals surface area contributed by atoms with Gasteiger partial charge in [0.1, 0.15) is 29.6 Å². The number of hydrogen-bond donors (Lipinski definition) is 2. The van der Waals surface area contributed by atoms with E-state index in [1.165, 1.54) is 28.4 Å². The molecule has 7 nitrogen and oxygen atoms in total. The van der Waals surface area contributed by atoms with Gasteiger partial charge in [-0.25, -0.2) is 4.39 Å². The molecule has 3 aromatic rings. The second-order valence-electron chi connectivity index (χ2n) is 8.47. The van der Waals surface area contributed by atoms with Crippen LogP contribution in [0.3, 0.4) is 0 Å². The van der Waals surface area contributed by atoms with E-state index in [0.29, 0.717) is 41.9 Å². The molecule has 1 aromatic heterocycles. The molecule has 0 radical (unpaired) electrons. The zero-order valence-electron chi connectivity index (χ0n) is 19.2. The first kappa shape index (κ1) is 24.0. The van der Waals surface area contributed by atoms with Crippen LogP contribution in [0.4, 0.5) is 15.9 Å². The Morgan fingerprint density at radius 2 is 1.94 bits per heavy atom. The molecule has 4 rings (SSSR count). The van der Waals surface area contributed by atoms with E-state index in [1.54, 1.807) is 14.2 Å². The highest BCUT2D eigenvalue weighted by Crippen LogP contribution is 2.45. The fraction of sp³-hybridized carbons (Fsp3) is 0.360. The van der Waals surface area contributed by atoms with Gasteiger partial charge in [0.15, 0.2) is 0 Å². The van der Waals surface area contributed by atoms with Gasteiger partial charge in [0, 0.05) is 25.8 Å². The number of aryl methyl sites for hydroxylation is 1. The van der Waals surface area contributed by atoms with Crippen LogP contribution in [-0.4, -0.2) is 36.0 Å². The molecule has 34 heavy (non-hydrogen) atoms. The number of halogens is 2. The maximum absolute atomic E-state index is 13.5. The summed E-state index contributed by atoms with van der Waals surface area (Å²) in [5.74, 6) is 0.628. The lowest BCUT2D eigenvalue weighted by Crippen LogP contribution is -2.16. The highest BCUT2D eigenvalue weighted by molar-refractivity contribution is 6.31. The highest BCUT2D eigenvalue weighted by Gasteiger charge is 2.33. The number of amides is 1. The normalized spacial score (nSPS) is 17.6. The molecule has 1 aliphatic rings. The summed E-state index contributed by atoms with van der Waals surface area (Å²) in [7, 11) is 3.37. The lowest BCUT2D eigenvalue weighted by atomic mass is 9.94. The first-order chi connectivity index (χ1) is 16.4. The number of nitrogens with two attached hydrogens (primary N) is 1. The van der Waals surface area contributed by atoms with Crippen LogP contribution in [0.1, 0.15) is 52.7 Å². The molecular weight excluding hydrogens is 459 g/mol. The molecule has 0 saturated heterocycles. The third-order valence-electron chi connectivity index (χ3n) is 6.25. The second-order valence-corrected chi connectivity index (χ2v) is 8.88. The number of carbonyl (C=O) groups is 1. The van der Waals surface area contributed by atoms with Crippen molar-refractivity contribution in [2.75, 3.05) is 31.4 Å². The van der Waals surface area contributed by atoms with Crippen molar-refractivity contribution < 1.29 is 18.7 Å². The van der Waals surface area contributed by atoms with Crippen molar-refractivity contribution in [1.29, 1.82) is 0 Å². The first-order valence-electron chi connectivity index (χ1n) is 11.2. The molecule has 0 spiro atoms. The second kappa shape index (κ2) is 10.4. The Kier molecular flexibility index (Phi) is 7.38. The fourth-order valence-electron chi connectivity index (χ4n) is 4.46. The smallest absolute Gasteiger partial charge is 0.261 e. The summed E-state index contributed by atoms with van der Waals surface area (Å²) in [4.78, 5) is 13.1. The Bertz CT molecular complexity index is 1170. The van der Waals surface area contributed by atoms with Gasteiger partial charge >= 0.3 is 0 Å². The summed E-state index contributed by atoms with van der Waals surface area (Å²) in [5, 5.41) is 7.29. The van der Waals surface area contributed by atoms with Crippen molar-refractivity contribution in [3.05, 3.63) is 70.1 Å². The topological polar surface area (TPSA) is 91.4 Å². The van der Waals surface area contributed by atoms with Crippen LogP contribution in [0.25, 0.3) is 0 Å². The molecular formula is C25H28ClFN4O3. The molecule has 2 unspecified atom stereocenters. The van der Waals surface area contributed by atoms with Crippen molar-refractivity contribution in [3.63, 3.8) is 0 Å². The molecule has 9 heteroatoms. The average molecular weight is 487 g/mol. The Balaban J connectivity index is 1.48. The van der Waals surface area contributed by atoms with Gasteiger partial charge in [-0.2, -0.15) is 5.10 Å². The number of benzene rings is 2. The summed E-state index contributed by atoms with van der Waals surface area (Å²) in [6.07, 6.45) is 2.75. The van der Waals surface area contributed by atoms with E-state index in [2.05, 4.69) is 22.5 Å². The van der Waals surface area contributed by atoms with E-state index in [0.717, 1.165) is 25.0 Å². The van der Waals surface area contributed by atoms with Crippen molar-refractivity contribution in [1.82, 2.24) is 9.78 Å². The van der Waals surface area contributed by atoms with Crippen LogP contribution in [0.2, 0.25) is 5.02 Å². The van der Waals surface area contributed by atoms with Crippen LogP contribution >= 0.6 is 11.6 Å². The summed E-state index contributed by atoms with van der Waals surface area (Å²) >= 11 is 5.85. The molecule has 1 fully saturated rings. The molecule has 2 aromatic carbocycles. The van der Waals surface area contributed by atoms with E-state index in [4.69, 9.17) is 26.8 Å². The summed E-state index contributed by atoms with van der Waals surface area (Å²) < 4.78 is 25.7. The Labute approximate surface area is 203 Å². The van der Waals surface area contributed by atoms with Gasteiger partial charge in [-0.1, -0.05) is 23.7 Å². The number of aromatic nitrogens is 2. The van der Waals surface area contributed by atoms with Crippen molar-refractivity contribution in [3.8, 4) is 5.75 Å². The maximum atomic E-state index is 13.5. The predicted octanol–water partition coefficient (Wildman–Crippen LogP) is 5.12. The van der Waals surface area contributed by atoms with Crippen molar-refractivity contribution in [2.24, 2.45) is 7.05 Å². The van der Waals surface area contributed by atoms with Crippen LogP contribution in [0, 0.1) is 5.82 Å². The zero-order valence-corrected chi connectivity index (χ0v) is 19.9. The molecule has 1 saturated carbocycles. The number of ether oxygens (including phenoxy) is 2. The van der Waals surface area contributed by atoms with Gasteiger partial charge in [-0.3, -0.25) is 9.48 Å². The molecule has 0 aliphatic heterocycles. The molecule has 0 bridgehead atoms. The number of nitrogen functional groups attached to an aromatic ring is 1. The number of methoxy groups -OCH3 is 1. The third kappa shape index (κ3) is 5.18. The van der Waals surface area contributed by atoms with E-state index >= 15 is 0 Å². The standard InChI is InChI=1S/C25H28ClFN4O3/c1-31-24(28)22(25(32)29-18-7-10-21(27)20(26)14-18)23(30-31)17-4-3-16(13-17)15-5-8-19(9-6-15)34-12-11-33-2/h5-10,14,16-17H,3-4,11-13,28H2,1-2H3,(H,29,32). The predicted molar refractivity (Wildman–Crippen MR) is 130 cm³/mol. The molecule has 180 valence electrons. The van der Waals surface area contributed by atoms with E-state index in [-0.39, 0.29) is 16.8 Å². The molecule has 1 amide bonds. The average Bonchev–Trinajstić information content (AvgIpc) is 3.42. The molecule has 3 N–H and O–H groups in total. The van der Waals surface area contributed by atoms with E-state index in [9.17, 15) is 9.18 Å². The van der Waals surface area contributed by atoms with Crippen LogP contribution in [0.15, 0.2) is 42.5 Å². The van der Waals surface area contributed by atoms with Gasteiger partial charge in [0.2, 0.25) is 0 Å². The van der Waals surface area contributed by atoms with Gasteiger partial charge in [-0.15, -0.1) is 0 Å². The number of anilines is 2.